The standard InChI is InChI=1S/C15H25N5O6/c21-12-6-16-13(22)7-18-15(24)11(19-14(23)8-17-12)5-9-1-3-10(4-2-9)20-26-25/h9-11,20,25H,1-8H2,(H,16,22)(H,17,21)(H,18,24)(H,19,23). The van der Waals surface area contributed by atoms with Crippen LogP contribution in [0.5, 0.6) is 0 Å². The third kappa shape index (κ3) is 6.58. The summed E-state index contributed by atoms with van der Waals surface area (Å²) in [7, 11) is 0. The van der Waals surface area contributed by atoms with Gasteiger partial charge in [0.1, 0.15) is 6.04 Å². The van der Waals surface area contributed by atoms with Gasteiger partial charge in [-0.2, -0.15) is 5.48 Å². The van der Waals surface area contributed by atoms with E-state index in [1.165, 1.54) is 0 Å². The summed E-state index contributed by atoms with van der Waals surface area (Å²) in [4.78, 5) is 51.4. The van der Waals surface area contributed by atoms with Gasteiger partial charge in [0.25, 0.3) is 0 Å². The van der Waals surface area contributed by atoms with E-state index in [0.29, 0.717) is 6.42 Å². The van der Waals surface area contributed by atoms with Crippen LogP contribution in [0.2, 0.25) is 0 Å². The van der Waals surface area contributed by atoms with Gasteiger partial charge in [-0.25, -0.2) is 5.26 Å². The van der Waals surface area contributed by atoms with E-state index in [-0.39, 0.29) is 31.6 Å². The lowest BCUT2D eigenvalue weighted by Crippen LogP contribution is -2.53. The summed E-state index contributed by atoms with van der Waals surface area (Å²) in [5, 5.41) is 18.3. The maximum atomic E-state index is 12.4. The number of nitrogens with one attached hydrogen (secondary N) is 5. The molecule has 6 N–H and O–H groups in total. The Labute approximate surface area is 150 Å². The third-order valence-electron chi connectivity index (χ3n) is 4.60. The Morgan fingerprint density at radius 1 is 0.885 bits per heavy atom. The molecule has 1 heterocycles. The quantitative estimate of drug-likeness (QED) is 0.241. The average Bonchev–Trinajstić information content (AvgIpc) is 2.63. The van der Waals surface area contributed by atoms with Crippen LogP contribution in [0.1, 0.15) is 32.1 Å². The number of carbonyl (C=O) groups is 4. The number of hydroxylamine groups is 1. The monoisotopic (exact) mass is 371 g/mol. The maximum absolute atomic E-state index is 12.4. The first-order valence-electron chi connectivity index (χ1n) is 8.64. The summed E-state index contributed by atoms with van der Waals surface area (Å²) in [5.41, 5.74) is 2.50. The van der Waals surface area contributed by atoms with Crippen molar-refractivity contribution in [1.82, 2.24) is 26.7 Å². The van der Waals surface area contributed by atoms with Crippen LogP contribution in [0.15, 0.2) is 0 Å². The van der Waals surface area contributed by atoms with E-state index >= 15 is 0 Å². The van der Waals surface area contributed by atoms with Crippen LogP contribution >= 0.6 is 0 Å². The molecule has 0 aromatic rings. The number of hydrogen-bond donors (Lipinski definition) is 6. The molecular formula is C15H25N5O6. The van der Waals surface area contributed by atoms with Crippen LogP contribution in [0.4, 0.5) is 0 Å². The second-order valence-electron chi connectivity index (χ2n) is 6.55. The van der Waals surface area contributed by atoms with Crippen LogP contribution in [0, 0.1) is 5.92 Å². The van der Waals surface area contributed by atoms with Crippen LogP contribution in [-0.2, 0) is 24.2 Å². The Hall–Kier alpha value is -2.24. The van der Waals surface area contributed by atoms with Crippen molar-refractivity contribution in [2.24, 2.45) is 5.92 Å². The molecule has 1 aliphatic heterocycles. The first-order chi connectivity index (χ1) is 12.5. The molecule has 2 fully saturated rings. The molecule has 1 atom stereocenters. The lowest BCUT2D eigenvalue weighted by atomic mass is 9.82. The highest BCUT2D eigenvalue weighted by Gasteiger charge is 2.29. The van der Waals surface area contributed by atoms with Crippen molar-refractivity contribution >= 4 is 23.6 Å². The van der Waals surface area contributed by atoms with Gasteiger partial charge in [0.05, 0.1) is 19.6 Å². The highest BCUT2D eigenvalue weighted by atomic mass is 17.2. The molecule has 11 heteroatoms. The molecule has 146 valence electrons. The summed E-state index contributed by atoms with van der Waals surface area (Å²) in [5.74, 6) is -1.64. The predicted molar refractivity (Wildman–Crippen MR) is 88.2 cm³/mol. The van der Waals surface area contributed by atoms with Gasteiger partial charge in [0, 0.05) is 6.04 Å². The zero-order valence-corrected chi connectivity index (χ0v) is 14.4. The van der Waals surface area contributed by atoms with E-state index in [2.05, 4.69) is 31.7 Å². The van der Waals surface area contributed by atoms with E-state index in [4.69, 9.17) is 5.26 Å². The van der Waals surface area contributed by atoms with Crippen LogP contribution < -0.4 is 26.7 Å². The van der Waals surface area contributed by atoms with Gasteiger partial charge in [-0.1, -0.05) is 0 Å². The lowest BCUT2D eigenvalue weighted by Gasteiger charge is -2.30. The summed E-state index contributed by atoms with van der Waals surface area (Å²) in [6.07, 6.45) is 3.58. The molecule has 0 aromatic heterocycles. The second kappa shape index (κ2) is 10.0. The van der Waals surface area contributed by atoms with Crippen molar-refractivity contribution in [2.75, 3.05) is 19.6 Å². The highest BCUT2D eigenvalue weighted by molar-refractivity contribution is 5.94. The second-order valence-corrected chi connectivity index (χ2v) is 6.55. The third-order valence-corrected chi connectivity index (χ3v) is 4.60. The molecule has 4 amide bonds. The Kier molecular flexibility index (Phi) is 7.75. The van der Waals surface area contributed by atoms with Crippen molar-refractivity contribution in [3.05, 3.63) is 0 Å². The Balaban J connectivity index is 1.94. The fourth-order valence-electron chi connectivity index (χ4n) is 3.17. The van der Waals surface area contributed by atoms with Gasteiger partial charge in [-0.05, 0) is 38.0 Å². The summed E-state index contributed by atoms with van der Waals surface area (Å²) in [6, 6.07) is -0.731. The number of amides is 4. The zero-order chi connectivity index (χ0) is 18.9. The van der Waals surface area contributed by atoms with E-state index in [1.807, 2.05) is 0 Å². The minimum atomic E-state index is -0.782. The number of rotatable bonds is 4. The van der Waals surface area contributed by atoms with Crippen LogP contribution in [-0.4, -0.2) is 60.6 Å². The minimum Gasteiger partial charge on any atom is -0.346 e. The molecule has 1 saturated carbocycles. The van der Waals surface area contributed by atoms with Gasteiger partial charge < -0.3 is 21.3 Å². The van der Waals surface area contributed by atoms with E-state index in [0.717, 1.165) is 25.7 Å². The fraction of sp³-hybridized carbons (Fsp3) is 0.733. The first-order valence-corrected chi connectivity index (χ1v) is 8.64. The van der Waals surface area contributed by atoms with Gasteiger partial charge in [-0.3, -0.25) is 19.2 Å². The Morgan fingerprint density at radius 2 is 1.46 bits per heavy atom. The maximum Gasteiger partial charge on any atom is 0.243 e. The van der Waals surface area contributed by atoms with Gasteiger partial charge >= 0.3 is 0 Å². The van der Waals surface area contributed by atoms with Gasteiger partial charge in [0.15, 0.2) is 0 Å². The van der Waals surface area contributed by atoms with Crippen molar-refractivity contribution in [3.63, 3.8) is 0 Å². The number of carbonyl (C=O) groups excluding carboxylic acids is 4. The van der Waals surface area contributed by atoms with Crippen LogP contribution in [0.3, 0.4) is 0 Å². The smallest absolute Gasteiger partial charge is 0.243 e. The van der Waals surface area contributed by atoms with Crippen molar-refractivity contribution < 1.29 is 29.4 Å². The SMILES string of the molecule is O=C1CNC(=O)CNC(=O)C(CC2CCC(NOO)CC2)NC(=O)CN1. The molecule has 1 unspecified atom stereocenters. The van der Waals surface area contributed by atoms with Crippen molar-refractivity contribution in [2.45, 2.75) is 44.2 Å². The summed E-state index contributed by atoms with van der Waals surface area (Å²) < 4.78 is 0. The van der Waals surface area contributed by atoms with E-state index < -0.39 is 29.7 Å². The van der Waals surface area contributed by atoms with Crippen LogP contribution in [0.25, 0.3) is 0 Å². The summed E-state index contributed by atoms with van der Waals surface area (Å²) >= 11 is 0. The number of hydrogen-bond acceptors (Lipinski definition) is 7. The average molecular weight is 371 g/mol. The zero-order valence-electron chi connectivity index (χ0n) is 14.4. The molecule has 0 bridgehead atoms. The summed E-state index contributed by atoms with van der Waals surface area (Å²) in [6.45, 7) is -0.772. The van der Waals surface area contributed by atoms with Gasteiger partial charge in [0.2, 0.25) is 23.6 Å². The lowest BCUT2D eigenvalue weighted by molar-refractivity contribution is -0.301. The molecule has 2 rings (SSSR count). The normalized spacial score (nSPS) is 28.7. The molecule has 1 aliphatic carbocycles. The molecular weight excluding hydrogens is 346 g/mol. The molecule has 0 radical (unpaired) electrons. The molecule has 0 aromatic carbocycles. The Bertz CT molecular complexity index is 535. The van der Waals surface area contributed by atoms with Crippen molar-refractivity contribution in [1.29, 1.82) is 0 Å². The van der Waals surface area contributed by atoms with E-state index in [9.17, 15) is 19.2 Å². The largest absolute Gasteiger partial charge is 0.346 e. The topological polar surface area (TPSA) is 158 Å². The van der Waals surface area contributed by atoms with Crippen molar-refractivity contribution in [3.8, 4) is 0 Å². The fourth-order valence-corrected chi connectivity index (χ4v) is 3.17. The molecule has 26 heavy (non-hydrogen) atoms. The Morgan fingerprint density at radius 3 is 2.08 bits per heavy atom. The first kappa shape index (κ1) is 20.1. The van der Waals surface area contributed by atoms with E-state index in [1.54, 1.807) is 0 Å². The molecule has 11 nitrogen and oxygen atoms in total. The molecule has 0 spiro atoms. The molecule has 2 aliphatic rings. The van der Waals surface area contributed by atoms with Gasteiger partial charge in [-0.15, -0.1) is 4.99 Å². The minimum absolute atomic E-state index is 0.0508. The molecule has 1 saturated heterocycles. The predicted octanol–water partition coefficient (Wildman–Crippen LogP) is -2.22. The highest BCUT2D eigenvalue weighted by Crippen LogP contribution is 2.28.